The molecule has 3 heteroatoms. The predicted molar refractivity (Wildman–Crippen MR) is 154 cm³/mol. The van der Waals surface area contributed by atoms with Crippen LogP contribution in [0.5, 0.6) is 0 Å². The molecule has 36 heavy (non-hydrogen) atoms. The molecule has 0 saturated carbocycles. The summed E-state index contributed by atoms with van der Waals surface area (Å²) in [6.45, 7) is 11.1. The molecule has 1 unspecified atom stereocenters. The van der Waals surface area contributed by atoms with Crippen LogP contribution in [0.4, 0.5) is 5.69 Å². The minimum atomic E-state index is 0.519. The first-order valence-corrected chi connectivity index (χ1v) is 14.2. The molecule has 0 radical (unpaired) electrons. The van der Waals surface area contributed by atoms with E-state index in [1.807, 2.05) is 6.20 Å². The average molecular weight is 484 g/mol. The maximum absolute atomic E-state index is 4.55. The highest BCUT2D eigenvalue weighted by Crippen LogP contribution is 2.32. The van der Waals surface area contributed by atoms with Crippen LogP contribution >= 0.6 is 0 Å². The van der Waals surface area contributed by atoms with Gasteiger partial charge in [0.1, 0.15) is 0 Å². The zero-order chi connectivity index (χ0) is 25.2. The summed E-state index contributed by atoms with van der Waals surface area (Å²) in [5.41, 5.74) is 9.72. The summed E-state index contributed by atoms with van der Waals surface area (Å²) in [4.78, 5) is 7.20. The lowest BCUT2D eigenvalue weighted by Gasteiger charge is -2.32. The minimum absolute atomic E-state index is 0.519. The lowest BCUT2D eigenvalue weighted by Crippen LogP contribution is -2.30. The predicted octanol–water partition coefficient (Wildman–Crippen LogP) is 7.25. The standard InChI is InChI=1S/C33H45N3/c1-4-6-7-20-36-21-8-9-30-15-12-28(25-33(30)36)23-31(17-18-34-5-2)29-13-10-27(11-14-29)24-32-22-26(3)16-19-35-32/h10-16,19,22,25,31,34H,4-9,17-18,20-21,23-24H2,1-3H3. The molecular weight excluding hydrogens is 438 g/mol. The molecule has 0 saturated heterocycles. The molecule has 1 atom stereocenters. The van der Waals surface area contributed by atoms with E-state index in [0.29, 0.717) is 5.92 Å². The van der Waals surface area contributed by atoms with Crippen LogP contribution < -0.4 is 10.2 Å². The Morgan fingerprint density at radius 1 is 0.972 bits per heavy atom. The van der Waals surface area contributed by atoms with Gasteiger partial charge in [-0.15, -0.1) is 0 Å². The summed E-state index contributed by atoms with van der Waals surface area (Å²) < 4.78 is 0. The van der Waals surface area contributed by atoms with E-state index in [1.165, 1.54) is 73.1 Å². The monoisotopic (exact) mass is 483 g/mol. The molecular formula is C33H45N3. The highest BCUT2D eigenvalue weighted by Gasteiger charge is 2.19. The zero-order valence-electron chi connectivity index (χ0n) is 22.7. The van der Waals surface area contributed by atoms with E-state index in [9.17, 15) is 0 Å². The molecule has 2 aromatic carbocycles. The van der Waals surface area contributed by atoms with E-state index < -0.39 is 0 Å². The quantitative estimate of drug-likeness (QED) is 0.260. The summed E-state index contributed by atoms with van der Waals surface area (Å²) in [6, 6.07) is 20.9. The molecule has 4 rings (SSSR count). The van der Waals surface area contributed by atoms with Crippen molar-refractivity contribution in [2.75, 3.05) is 31.1 Å². The number of benzene rings is 2. The highest BCUT2D eigenvalue weighted by molar-refractivity contribution is 5.57. The van der Waals surface area contributed by atoms with Crippen LogP contribution in [-0.4, -0.2) is 31.2 Å². The van der Waals surface area contributed by atoms with Crippen molar-refractivity contribution in [1.82, 2.24) is 10.3 Å². The molecule has 192 valence electrons. The van der Waals surface area contributed by atoms with E-state index in [0.717, 1.165) is 38.0 Å². The van der Waals surface area contributed by atoms with Gasteiger partial charge in [-0.25, -0.2) is 0 Å². The number of fused-ring (bicyclic) bond motifs is 1. The van der Waals surface area contributed by atoms with Gasteiger partial charge >= 0.3 is 0 Å². The number of pyridine rings is 1. The first kappa shape index (κ1) is 26.4. The fourth-order valence-electron chi connectivity index (χ4n) is 5.54. The Morgan fingerprint density at radius 2 is 1.81 bits per heavy atom. The van der Waals surface area contributed by atoms with Crippen molar-refractivity contribution in [2.45, 2.75) is 78.1 Å². The third-order valence-corrected chi connectivity index (χ3v) is 7.61. The van der Waals surface area contributed by atoms with Gasteiger partial charge in [-0.2, -0.15) is 0 Å². The molecule has 1 aliphatic heterocycles. The van der Waals surface area contributed by atoms with Gasteiger partial charge in [0.05, 0.1) is 0 Å². The van der Waals surface area contributed by atoms with Crippen molar-refractivity contribution in [3.63, 3.8) is 0 Å². The first-order chi connectivity index (χ1) is 17.7. The molecule has 1 aliphatic rings. The highest BCUT2D eigenvalue weighted by atomic mass is 15.1. The van der Waals surface area contributed by atoms with E-state index >= 15 is 0 Å². The minimum Gasteiger partial charge on any atom is -0.371 e. The summed E-state index contributed by atoms with van der Waals surface area (Å²) >= 11 is 0. The van der Waals surface area contributed by atoms with Crippen LogP contribution in [0.2, 0.25) is 0 Å². The molecule has 3 nitrogen and oxygen atoms in total. The summed E-state index contributed by atoms with van der Waals surface area (Å²) in [6.07, 6.45) is 11.5. The van der Waals surface area contributed by atoms with E-state index in [-0.39, 0.29) is 0 Å². The largest absolute Gasteiger partial charge is 0.371 e. The number of anilines is 1. The number of nitrogens with one attached hydrogen (secondary N) is 1. The lowest BCUT2D eigenvalue weighted by molar-refractivity contribution is 0.573. The summed E-state index contributed by atoms with van der Waals surface area (Å²) in [5, 5.41) is 3.55. The van der Waals surface area contributed by atoms with Crippen LogP contribution in [0.1, 0.15) is 85.4 Å². The Morgan fingerprint density at radius 3 is 2.58 bits per heavy atom. The van der Waals surface area contributed by atoms with Crippen molar-refractivity contribution in [1.29, 1.82) is 0 Å². The second-order valence-electron chi connectivity index (χ2n) is 10.5. The number of aromatic nitrogens is 1. The lowest BCUT2D eigenvalue weighted by atomic mass is 9.87. The van der Waals surface area contributed by atoms with Gasteiger partial charge in [-0.1, -0.05) is 63.1 Å². The maximum atomic E-state index is 4.55. The maximum Gasteiger partial charge on any atom is 0.0450 e. The molecule has 1 aromatic heterocycles. The molecule has 0 aliphatic carbocycles. The van der Waals surface area contributed by atoms with Crippen molar-refractivity contribution >= 4 is 5.69 Å². The number of unbranched alkanes of at least 4 members (excludes halogenated alkanes) is 2. The van der Waals surface area contributed by atoms with Crippen LogP contribution in [-0.2, 0) is 19.3 Å². The molecule has 0 bridgehead atoms. The Kier molecular flexibility index (Phi) is 9.98. The van der Waals surface area contributed by atoms with Crippen molar-refractivity contribution < 1.29 is 0 Å². The van der Waals surface area contributed by atoms with Gasteiger partial charge in [0.25, 0.3) is 0 Å². The van der Waals surface area contributed by atoms with Crippen molar-refractivity contribution in [3.8, 4) is 0 Å². The molecule has 1 N–H and O–H groups in total. The summed E-state index contributed by atoms with van der Waals surface area (Å²) in [7, 11) is 0. The van der Waals surface area contributed by atoms with Gasteiger partial charge in [0, 0.05) is 37.1 Å². The van der Waals surface area contributed by atoms with Gasteiger partial charge in [0.2, 0.25) is 0 Å². The van der Waals surface area contributed by atoms with Gasteiger partial charge in [0.15, 0.2) is 0 Å². The van der Waals surface area contributed by atoms with Crippen LogP contribution in [0, 0.1) is 6.92 Å². The Labute approximate surface area is 219 Å². The smallest absolute Gasteiger partial charge is 0.0450 e. The van der Waals surface area contributed by atoms with Crippen molar-refractivity contribution in [2.24, 2.45) is 0 Å². The second kappa shape index (κ2) is 13.6. The Hall–Kier alpha value is -2.65. The second-order valence-corrected chi connectivity index (χ2v) is 10.5. The number of nitrogens with zero attached hydrogens (tertiary/aromatic N) is 2. The number of aryl methyl sites for hydroxylation is 2. The number of rotatable bonds is 13. The topological polar surface area (TPSA) is 28.2 Å². The third-order valence-electron chi connectivity index (χ3n) is 7.61. The fourth-order valence-corrected chi connectivity index (χ4v) is 5.54. The van der Waals surface area contributed by atoms with Gasteiger partial charge in [-0.05, 0) is 104 Å². The number of hydrogen-bond donors (Lipinski definition) is 1. The van der Waals surface area contributed by atoms with E-state index in [4.69, 9.17) is 0 Å². The SMILES string of the molecule is CCCCCN1CCCc2ccc(CC(CCNCC)c3ccc(Cc4cc(C)ccn4)cc3)cc21. The number of hydrogen-bond acceptors (Lipinski definition) is 3. The third kappa shape index (κ3) is 7.43. The van der Waals surface area contributed by atoms with Crippen molar-refractivity contribution in [3.05, 3.63) is 94.3 Å². The van der Waals surface area contributed by atoms with Crippen LogP contribution in [0.15, 0.2) is 60.8 Å². The molecule has 0 spiro atoms. The Bertz CT molecular complexity index is 1070. The molecule has 0 fully saturated rings. The van der Waals surface area contributed by atoms with Gasteiger partial charge in [-0.3, -0.25) is 4.98 Å². The van der Waals surface area contributed by atoms with Crippen LogP contribution in [0.3, 0.4) is 0 Å². The normalized spacial score (nSPS) is 14.0. The average Bonchev–Trinajstić information content (AvgIpc) is 2.89. The molecule has 2 heterocycles. The van der Waals surface area contributed by atoms with Gasteiger partial charge < -0.3 is 10.2 Å². The van der Waals surface area contributed by atoms with E-state index in [2.05, 4.69) is 90.6 Å². The zero-order valence-corrected chi connectivity index (χ0v) is 22.7. The fraction of sp³-hybridized carbons (Fsp3) is 0.485. The first-order valence-electron chi connectivity index (χ1n) is 14.2. The molecule has 3 aromatic rings. The van der Waals surface area contributed by atoms with E-state index in [1.54, 1.807) is 5.56 Å². The Balaban J connectivity index is 1.49. The summed E-state index contributed by atoms with van der Waals surface area (Å²) in [5.74, 6) is 0.519. The van der Waals surface area contributed by atoms with Crippen LogP contribution in [0.25, 0.3) is 0 Å². The molecule has 0 amide bonds.